The average molecular weight is 334 g/mol. The molecule has 1 atom stereocenters. The Morgan fingerprint density at radius 3 is 2.95 bits per heavy atom. The van der Waals surface area contributed by atoms with Gasteiger partial charge in [-0.1, -0.05) is 36.7 Å². The lowest BCUT2D eigenvalue weighted by Gasteiger charge is -2.10. The van der Waals surface area contributed by atoms with Gasteiger partial charge in [0, 0.05) is 23.2 Å². The van der Waals surface area contributed by atoms with E-state index in [0.29, 0.717) is 10.7 Å². The van der Waals surface area contributed by atoms with Gasteiger partial charge in [-0.15, -0.1) is 11.3 Å². The van der Waals surface area contributed by atoms with E-state index in [1.165, 1.54) is 11.3 Å². The number of hydrogen-bond acceptors (Lipinski definition) is 3. The Balaban J connectivity index is 1.99. The van der Waals surface area contributed by atoms with E-state index in [-0.39, 0.29) is 11.9 Å². The van der Waals surface area contributed by atoms with Crippen molar-refractivity contribution < 1.29 is 4.79 Å². The van der Waals surface area contributed by atoms with Crippen LogP contribution in [0.4, 0.5) is 0 Å². The van der Waals surface area contributed by atoms with Gasteiger partial charge in [0.05, 0.1) is 10.7 Å². The molecule has 0 aliphatic heterocycles. The van der Waals surface area contributed by atoms with Gasteiger partial charge in [0.2, 0.25) is 0 Å². The monoisotopic (exact) mass is 333 g/mol. The normalized spacial score (nSPS) is 12.5. The molecule has 22 heavy (non-hydrogen) atoms. The van der Waals surface area contributed by atoms with Gasteiger partial charge in [0.15, 0.2) is 4.96 Å². The molecule has 114 valence electrons. The second-order valence-corrected chi connectivity index (χ2v) is 6.41. The van der Waals surface area contributed by atoms with Crippen molar-refractivity contribution in [2.24, 2.45) is 0 Å². The minimum absolute atomic E-state index is 0.0799. The molecule has 1 N–H and O–H groups in total. The van der Waals surface area contributed by atoms with Crippen LogP contribution in [0.1, 0.15) is 30.8 Å². The van der Waals surface area contributed by atoms with Crippen molar-refractivity contribution in [1.29, 1.82) is 0 Å². The Hall–Kier alpha value is -1.85. The fourth-order valence-electron chi connectivity index (χ4n) is 2.15. The van der Waals surface area contributed by atoms with E-state index in [2.05, 4.69) is 10.3 Å². The van der Waals surface area contributed by atoms with E-state index in [1.54, 1.807) is 0 Å². The van der Waals surface area contributed by atoms with Crippen LogP contribution in [0.2, 0.25) is 5.02 Å². The number of thiazole rings is 1. The second-order valence-electron chi connectivity index (χ2n) is 5.16. The molecule has 4 nitrogen and oxygen atoms in total. The van der Waals surface area contributed by atoms with Crippen molar-refractivity contribution in [1.82, 2.24) is 14.7 Å². The quantitative estimate of drug-likeness (QED) is 0.776. The van der Waals surface area contributed by atoms with E-state index in [4.69, 9.17) is 11.6 Å². The molecule has 0 aliphatic rings. The predicted octanol–water partition coefficient (Wildman–Crippen LogP) is 4.24. The third kappa shape index (κ3) is 2.74. The molecule has 1 aromatic carbocycles. The van der Waals surface area contributed by atoms with Crippen LogP contribution in [-0.2, 0) is 0 Å². The second kappa shape index (κ2) is 6.10. The molecule has 3 rings (SSSR count). The number of carbonyl (C=O) groups is 1. The molecular weight excluding hydrogens is 318 g/mol. The zero-order chi connectivity index (χ0) is 15.7. The van der Waals surface area contributed by atoms with Crippen LogP contribution in [0, 0.1) is 0 Å². The van der Waals surface area contributed by atoms with Crippen molar-refractivity contribution in [3.05, 3.63) is 46.6 Å². The van der Waals surface area contributed by atoms with Crippen LogP contribution >= 0.6 is 22.9 Å². The zero-order valence-electron chi connectivity index (χ0n) is 12.3. The molecule has 0 saturated carbocycles. The number of aromatic nitrogens is 2. The summed E-state index contributed by atoms with van der Waals surface area (Å²) < 4.78 is 1.82. The first-order valence-corrected chi connectivity index (χ1v) is 8.38. The van der Waals surface area contributed by atoms with Gasteiger partial charge in [-0.25, -0.2) is 4.98 Å². The van der Waals surface area contributed by atoms with Gasteiger partial charge in [0.25, 0.3) is 5.91 Å². The lowest BCUT2D eigenvalue weighted by Crippen LogP contribution is -2.32. The molecular formula is C16H16ClN3OS. The first kappa shape index (κ1) is 15.1. The van der Waals surface area contributed by atoms with E-state index < -0.39 is 0 Å². The molecule has 0 saturated heterocycles. The number of carbonyl (C=O) groups excluding carboxylic acids is 1. The predicted molar refractivity (Wildman–Crippen MR) is 90.7 cm³/mol. The molecule has 0 aliphatic carbocycles. The van der Waals surface area contributed by atoms with Crippen molar-refractivity contribution in [2.75, 3.05) is 0 Å². The minimum atomic E-state index is -0.0799. The van der Waals surface area contributed by atoms with Crippen molar-refractivity contribution in [3.63, 3.8) is 0 Å². The number of benzene rings is 1. The van der Waals surface area contributed by atoms with Crippen LogP contribution in [0.25, 0.3) is 16.2 Å². The van der Waals surface area contributed by atoms with E-state index in [0.717, 1.165) is 22.6 Å². The van der Waals surface area contributed by atoms with Gasteiger partial charge in [-0.2, -0.15) is 0 Å². The lowest BCUT2D eigenvalue weighted by atomic mass is 10.2. The minimum Gasteiger partial charge on any atom is -0.348 e. The topological polar surface area (TPSA) is 46.4 Å². The first-order valence-electron chi connectivity index (χ1n) is 7.12. The molecule has 2 aromatic heterocycles. The summed E-state index contributed by atoms with van der Waals surface area (Å²) in [5, 5.41) is 5.46. The van der Waals surface area contributed by atoms with E-state index in [1.807, 2.05) is 54.1 Å². The smallest absolute Gasteiger partial charge is 0.269 e. The van der Waals surface area contributed by atoms with Crippen molar-refractivity contribution >= 4 is 33.8 Å². The highest BCUT2D eigenvalue weighted by atomic mass is 35.5. The summed E-state index contributed by atoms with van der Waals surface area (Å²) in [5.74, 6) is -0.0799. The van der Waals surface area contributed by atoms with Crippen LogP contribution in [-0.4, -0.2) is 21.3 Å². The number of nitrogens with one attached hydrogen (secondary N) is 1. The number of hydrogen-bond donors (Lipinski definition) is 1. The molecule has 6 heteroatoms. The largest absolute Gasteiger partial charge is 0.348 e. The fraction of sp³-hybridized carbons (Fsp3) is 0.250. The Morgan fingerprint density at radius 1 is 1.45 bits per heavy atom. The molecule has 0 fully saturated rings. The van der Waals surface area contributed by atoms with E-state index in [9.17, 15) is 4.79 Å². The van der Waals surface area contributed by atoms with Crippen LogP contribution in [0.3, 0.4) is 0 Å². The molecule has 0 radical (unpaired) electrons. The number of amides is 1. The highest BCUT2D eigenvalue weighted by Crippen LogP contribution is 2.29. The SMILES string of the molecule is CCC(C)NC(=O)c1csc2nc(-c3ccccc3Cl)cn12. The summed E-state index contributed by atoms with van der Waals surface area (Å²) in [6.45, 7) is 4.03. The van der Waals surface area contributed by atoms with Gasteiger partial charge in [0.1, 0.15) is 5.69 Å². The fourth-order valence-corrected chi connectivity index (χ4v) is 3.23. The maximum atomic E-state index is 12.3. The van der Waals surface area contributed by atoms with Gasteiger partial charge in [-0.05, 0) is 19.4 Å². The number of imidazole rings is 1. The summed E-state index contributed by atoms with van der Waals surface area (Å²) in [6, 6.07) is 7.71. The highest BCUT2D eigenvalue weighted by Gasteiger charge is 2.17. The van der Waals surface area contributed by atoms with Crippen LogP contribution < -0.4 is 5.32 Å². The summed E-state index contributed by atoms with van der Waals surface area (Å²) in [6.07, 6.45) is 2.76. The Morgan fingerprint density at radius 2 is 2.23 bits per heavy atom. The van der Waals surface area contributed by atoms with E-state index >= 15 is 0 Å². The van der Waals surface area contributed by atoms with Crippen LogP contribution in [0.5, 0.6) is 0 Å². The van der Waals surface area contributed by atoms with Crippen molar-refractivity contribution in [3.8, 4) is 11.3 Å². The third-order valence-electron chi connectivity index (χ3n) is 3.58. The summed E-state index contributed by atoms with van der Waals surface area (Å²) in [5.41, 5.74) is 2.24. The Labute approximate surface area is 137 Å². The Bertz CT molecular complexity index is 824. The maximum Gasteiger partial charge on any atom is 0.269 e. The summed E-state index contributed by atoms with van der Waals surface area (Å²) >= 11 is 7.66. The molecule has 2 heterocycles. The summed E-state index contributed by atoms with van der Waals surface area (Å²) in [7, 11) is 0. The molecule has 0 bridgehead atoms. The molecule has 0 spiro atoms. The maximum absolute atomic E-state index is 12.3. The summed E-state index contributed by atoms with van der Waals surface area (Å²) in [4.78, 5) is 17.7. The number of fused-ring (bicyclic) bond motifs is 1. The first-order chi connectivity index (χ1) is 10.6. The molecule has 1 unspecified atom stereocenters. The third-order valence-corrected chi connectivity index (χ3v) is 4.75. The van der Waals surface area contributed by atoms with Gasteiger partial charge in [-0.3, -0.25) is 9.20 Å². The van der Waals surface area contributed by atoms with Gasteiger partial charge < -0.3 is 5.32 Å². The molecule has 3 aromatic rings. The number of rotatable bonds is 4. The zero-order valence-corrected chi connectivity index (χ0v) is 13.9. The van der Waals surface area contributed by atoms with Gasteiger partial charge >= 0.3 is 0 Å². The molecule has 1 amide bonds. The van der Waals surface area contributed by atoms with Crippen molar-refractivity contribution in [2.45, 2.75) is 26.3 Å². The lowest BCUT2D eigenvalue weighted by molar-refractivity contribution is 0.0933. The standard InChI is InChI=1S/C16H16ClN3OS/c1-3-10(2)18-15(21)14-9-22-16-19-13(8-20(14)16)11-6-4-5-7-12(11)17/h4-10H,3H2,1-2H3,(H,18,21). The van der Waals surface area contributed by atoms with Crippen LogP contribution in [0.15, 0.2) is 35.8 Å². The number of halogens is 1. The average Bonchev–Trinajstić information content (AvgIpc) is 3.07. The number of nitrogens with zero attached hydrogens (tertiary/aromatic N) is 2. The Kier molecular flexibility index (Phi) is 4.18. The highest BCUT2D eigenvalue weighted by molar-refractivity contribution is 7.15.